The van der Waals surface area contributed by atoms with Crippen molar-refractivity contribution in [2.45, 2.75) is 88.8 Å². The number of fused-ring (bicyclic) bond motifs is 1. The van der Waals surface area contributed by atoms with Crippen molar-refractivity contribution in [3.8, 4) is 5.75 Å². The summed E-state index contributed by atoms with van der Waals surface area (Å²) in [6.45, 7) is 0.491. The van der Waals surface area contributed by atoms with Crippen molar-refractivity contribution in [1.82, 2.24) is 5.32 Å². The van der Waals surface area contributed by atoms with E-state index < -0.39 is 29.9 Å². The molecule has 0 saturated heterocycles. The lowest BCUT2D eigenvalue weighted by atomic mass is 9.87. The molecule has 0 unspecified atom stereocenters. The van der Waals surface area contributed by atoms with Gasteiger partial charge in [-0.2, -0.15) is 26.3 Å². The van der Waals surface area contributed by atoms with Gasteiger partial charge in [0, 0.05) is 12.6 Å². The maximum atomic E-state index is 14.1. The van der Waals surface area contributed by atoms with Crippen LogP contribution in [0.25, 0.3) is 10.8 Å². The molecule has 2 aromatic carbocycles. The van der Waals surface area contributed by atoms with Crippen molar-refractivity contribution in [1.29, 1.82) is 0 Å². The van der Waals surface area contributed by atoms with Crippen LogP contribution < -0.4 is 10.1 Å². The van der Waals surface area contributed by atoms with Gasteiger partial charge in [-0.15, -0.1) is 0 Å². The Morgan fingerprint density at radius 2 is 1.48 bits per heavy atom. The Bertz CT molecular complexity index is 940. The van der Waals surface area contributed by atoms with Crippen molar-refractivity contribution in [3.05, 3.63) is 41.5 Å². The molecular weight excluding hydrogens is 444 g/mol. The molecule has 8 heteroatoms. The third kappa shape index (κ3) is 5.94. The Labute approximate surface area is 189 Å². The van der Waals surface area contributed by atoms with Gasteiger partial charge < -0.3 is 10.1 Å². The van der Waals surface area contributed by atoms with E-state index in [0.717, 1.165) is 18.4 Å². The molecule has 2 nitrogen and oxygen atoms in total. The summed E-state index contributed by atoms with van der Waals surface area (Å²) < 4.78 is 86.8. The number of hydrogen-bond donors (Lipinski definition) is 1. The van der Waals surface area contributed by atoms with E-state index in [9.17, 15) is 26.3 Å². The van der Waals surface area contributed by atoms with Gasteiger partial charge in [0.25, 0.3) is 0 Å². The number of hydrogen-bond acceptors (Lipinski definition) is 2. The summed E-state index contributed by atoms with van der Waals surface area (Å²) in [5.41, 5.74) is -0.0844. The van der Waals surface area contributed by atoms with Gasteiger partial charge in [0.15, 0.2) is 0 Å². The highest BCUT2D eigenvalue weighted by Gasteiger charge is 2.42. The smallest absolute Gasteiger partial charge is 0.420 e. The molecule has 0 atom stereocenters. The first-order chi connectivity index (χ1) is 15.6. The standard InChI is InChI=1S/C25H29F6NO/c26-24(27,28)18-9-11-20(12-10-18)33-22-13-8-17-7-6-16(14-21(17)23(22)25(29,30)31)15-32-19-4-2-1-3-5-19/h6-8,13-14,18-20,32H,1-5,9-12,15H2. The van der Waals surface area contributed by atoms with E-state index in [-0.39, 0.29) is 36.8 Å². The van der Waals surface area contributed by atoms with Gasteiger partial charge in [0.1, 0.15) is 11.3 Å². The first-order valence-electron chi connectivity index (χ1n) is 11.7. The van der Waals surface area contributed by atoms with Gasteiger partial charge in [-0.25, -0.2) is 0 Å². The lowest BCUT2D eigenvalue weighted by Crippen LogP contribution is -2.32. The van der Waals surface area contributed by atoms with Gasteiger partial charge in [0.05, 0.1) is 12.0 Å². The third-order valence-corrected chi connectivity index (χ3v) is 6.96. The Kier molecular flexibility index (Phi) is 7.12. The maximum absolute atomic E-state index is 14.1. The largest absolute Gasteiger partial charge is 0.490 e. The number of alkyl halides is 6. The molecule has 33 heavy (non-hydrogen) atoms. The fraction of sp³-hybridized carbons (Fsp3) is 0.600. The third-order valence-electron chi connectivity index (χ3n) is 6.96. The lowest BCUT2D eigenvalue weighted by Gasteiger charge is -2.31. The second-order valence-electron chi connectivity index (χ2n) is 9.34. The summed E-state index contributed by atoms with van der Waals surface area (Å²) in [7, 11) is 0. The zero-order valence-corrected chi connectivity index (χ0v) is 18.4. The summed E-state index contributed by atoms with van der Waals surface area (Å²) in [6, 6.07) is 8.33. The van der Waals surface area contributed by atoms with Crippen LogP contribution in [-0.4, -0.2) is 18.3 Å². The lowest BCUT2D eigenvalue weighted by molar-refractivity contribution is -0.185. The summed E-state index contributed by atoms with van der Waals surface area (Å²) >= 11 is 0. The highest BCUT2D eigenvalue weighted by molar-refractivity contribution is 5.89. The number of benzene rings is 2. The molecule has 2 aliphatic carbocycles. The van der Waals surface area contributed by atoms with Crippen LogP contribution in [-0.2, 0) is 12.7 Å². The van der Waals surface area contributed by atoms with E-state index in [0.29, 0.717) is 18.0 Å². The first-order valence-corrected chi connectivity index (χ1v) is 11.7. The summed E-state index contributed by atoms with van der Waals surface area (Å²) in [5, 5.41) is 3.97. The second-order valence-corrected chi connectivity index (χ2v) is 9.34. The fourth-order valence-corrected chi connectivity index (χ4v) is 5.10. The SMILES string of the molecule is FC(F)(F)c1c(OC2CCC(C(F)(F)F)CC2)ccc2ccc(CNC3CCCCC3)cc12. The van der Waals surface area contributed by atoms with E-state index in [1.165, 1.54) is 25.3 Å². The minimum Gasteiger partial charge on any atom is -0.490 e. The zero-order valence-electron chi connectivity index (χ0n) is 18.4. The molecule has 182 valence electrons. The summed E-state index contributed by atoms with van der Waals surface area (Å²) in [5.74, 6) is -1.71. The topological polar surface area (TPSA) is 21.3 Å². The van der Waals surface area contributed by atoms with Gasteiger partial charge in [-0.1, -0.05) is 37.5 Å². The van der Waals surface area contributed by atoms with Crippen LogP contribution in [0.15, 0.2) is 30.3 Å². The normalized spacial score (nSPS) is 23.1. The predicted octanol–water partition coefficient (Wildman–Crippen LogP) is 7.78. The van der Waals surface area contributed by atoms with Crippen molar-refractivity contribution in [2.24, 2.45) is 5.92 Å². The maximum Gasteiger partial charge on any atom is 0.420 e. The highest BCUT2D eigenvalue weighted by atomic mass is 19.4. The number of halogens is 6. The van der Waals surface area contributed by atoms with Crippen LogP contribution in [0.1, 0.15) is 68.9 Å². The fourth-order valence-electron chi connectivity index (χ4n) is 5.10. The monoisotopic (exact) mass is 473 g/mol. The highest BCUT2D eigenvalue weighted by Crippen LogP contribution is 2.44. The van der Waals surface area contributed by atoms with Crippen LogP contribution in [0.3, 0.4) is 0 Å². The van der Waals surface area contributed by atoms with E-state index in [4.69, 9.17) is 4.74 Å². The Hall–Kier alpha value is -1.96. The second kappa shape index (κ2) is 9.72. The Balaban J connectivity index is 1.55. The van der Waals surface area contributed by atoms with Crippen molar-refractivity contribution in [2.75, 3.05) is 0 Å². The van der Waals surface area contributed by atoms with Crippen LogP contribution in [0.2, 0.25) is 0 Å². The number of nitrogens with one attached hydrogen (secondary N) is 1. The predicted molar refractivity (Wildman–Crippen MR) is 115 cm³/mol. The molecule has 0 heterocycles. The number of ether oxygens (including phenoxy) is 1. The number of rotatable bonds is 5. The van der Waals surface area contributed by atoms with E-state index in [1.807, 2.05) is 6.07 Å². The minimum absolute atomic E-state index is 0.0620. The molecule has 2 saturated carbocycles. The van der Waals surface area contributed by atoms with E-state index in [2.05, 4.69) is 5.32 Å². The minimum atomic E-state index is -4.65. The van der Waals surface area contributed by atoms with Crippen molar-refractivity contribution >= 4 is 10.8 Å². The molecule has 1 N–H and O–H groups in total. The summed E-state index contributed by atoms with van der Waals surface area (Å²) in [6.07, 6.45) is -3.93. The van der Waals surface area contributed by atoms with Gasteiger partial charge >= 0.3 is 12.4 Å². The Morgan fingerprint density at radius 1 is 0.818 bits per heavy atom. The molecule has 4 rings (SSSR count). The van der Waals surface area contributed by atoms with Gasteiger partial charge in [-0.3, -0.25) is 0 Å². The molecule has 2 aliphatic rings. The van der Waals surface area contributed by atoms with Crippen molar-refractivity contribution < 1.29 is 31.1 Å². The molecule has 0 aliphatic heterocycles. The van der Waals surface area contributed by atoms with E-state index >= 15 is 0 Å². The molecule has 0 radical (unpaired) electrons. The van der Waals surface area contributed by atoms with Crippen molar-refractivity contribution in [3.63, 3.8) is 0 Å². The van der Waals surface area contributed by atoms with Crippen LogP contribution in [0.5, 0.6) is 5.75 Å². The molecule has 0 bridgehead atoms. The zero-order chi connectivity index (χ0) is 23.6. The first kappa shape index (κ1) is 24.2. The molecule has 0 aromatic heterocycles. The van der Waals surface area contributed by atoms with Crippen LogP contribution >= 0.6 is 0 Å². The average Bonchev–Trinajstić information content (AvgIpc) is 2.77. The molecular formula is C25H29F6NO. The molecule has 2 fully saturated rings. The molecule has 0 amide bonds. The quantitative estimate of drug-likeness (QED) is 0.448. The van der Waals surface area contributed by atoms with Gasteiger partial charge in [0.2, 0.25) is 0 Å². The van der Waals surface area contributed by atoms with Crippen LogP contribution in [0, 0.1) is 5.92 Å². The van der Waals surface area contributed by atoms with Crippen LogP contribution in [0.4, 0.5) is 26.3 Å². The Morgan fingerprint density at radius 3 is 2.12 bits per heavy atom. The average molecular weight is 474 g/mol. The van der Waals surface area contributed by atoms with E-state index in [1.54, 1.807) is 18.2 Å². The molecule has 2 aromatic rings. The molecule has 0 spiro atoms. The summed E-state index contributed by atoms with van der Waals surface area (Å²) in [4.78, 5) is 0. The van der Waals surface area contributed by atoms with Gasteiger partial charge in [-0.05, 0) is 67.0 Å².